The molecule has 2 N–H and O–H groups in total. The van der Waals surface area contributed by atoms with E-state index in [-0.39, 0.29) is 11.9 Å². The number of aromatic nitrogens is 2. The Kier molecular flexibility index (Phi) is 2.81. The molecule has 19 heavy (non-hydrogen) atoms. The number of aryl methyl sites for hydroxylation is 1. The number of primary amides is 1. The highest BCUT2D eigenvalue weighted by atomic mass is 16.1. The van der Waals surface area contributed by atoms with Gasteiger partial charge in [0.05, 0.1) is 5.52 Å². The first-order chi connectivity index (χ1) is 9.18. The molecule has 1 atom stereocenters. The summed E-state index contributed by atoms with van der Waals surface area (Å²) < 4.78 is 0. The number of anilines is 1. The average Bonchev–Trinajstić information content (AvgIpc) is 2.87. The smallest absolute Gasteiger partial charge is 0.240 e. The second kappa shape index (κ2) is 4.50. The molecule has 2 aromatic rings. The van der Waals surface area contributed by atoms with E-state index in [0.29, 0.717) is 0 Å². The Morgan fingerprint density at radius 3 is 3.05 bits per heavy atom. The average molecular weight is 256 g/mol. The van der Waals surface area contributed by atoms with Crippen LogP contribution in [0.5, 0.6) is 0 Å². The number of benzene rings is 1. The van der Waals surface area contributed by atoms with Crippen LogP contribution in [0.25, 0.3) is 10.9 Å². The van der Waals surface area contributed by atoms with Crippen LogP contribution in [0.3, 0.4) is 0 Å². The van der Waals surface area contributed by atoms with Crippen LogP contribution < -0.4 is 10.6 Å². The molecule has 5 nitrogen and oxygen atoms in total. The highest BCUT2D eigenvalue weighted by molar-refractivity contribution is 5.94. The van der Waals surface area contributed by atoms with E-state index in [0.717, 1.165) is 41.7 Å². The van der Waals surface area contributed by atoms with Crippen LogP contribution >= 0.6 is 0 Å². The Labute approximate surface area is 111 Å². The molecule has 0 bridgehead atoms. The molecule has 1 amide bonds. The Morgan fingerprint density at radius 1 is 1.42 bits per heavy atom. The van der Waals surface area contributed by atoms with Gasteiger partial charge in [-0.1, -0.05) is 12.1 Å². The highest BCUT2D eigenvalue weighted by Gasteiger charge is 2.31. The molecule has 98 valence electrons. The largest absolute Gasteiger partial charge is 0.368 e. The molecule has 1 saturated heterocycles. The lowest BCUT2D eigenvalue weighted by Crippen LogP contribution is -2.40. The predicted molar refractivity (Wildman–Crippen MR) is 73.8 cm³/mol. The second-order valence-corrected chi connectivity index (χ2v) is 4.92. The minimum Gasteiger partial charge on any atom is -0.368 e. The van der Waals surface area contributed by atoms with Crippen LogP contribution in [0.2, 0.25) is 0 Å². The maximum absolute atomic E-state index is 11.5. The lowest BCUT2D eigenvalue weighted by atomic mass is 10.1. The van der Waals surface area contributed by atoms with Gasteiger partial charge in [-0.15, -0.1) is 0 Å². The molecule has 1 unspecified atom stereocenters. The fourth-order valence-corrected chi connectivity index (χ4v) is 2.79. The molecule has 1 aromatic heterocycles. The fourth-order valence-electron chi connectivity index (χ4n) is 2.79. The summed E-state index contributed by atoms with van der Waals surface area (Å²) in [6.07, 6.45) is 3.31. The van der Waals surface area contributed by atoms with Gasteiger partial charge in [-0.3, -0.25) is 4.79 Å². The van der Waals surface area contributed by atoms with Crippen molar-refractivity contribution in [2.24, 2.45) is 5.73 Å². The normalized spacial score (nSPS) is 19.0. The van der Waals surface area contributed by atoms with Crippen molar-refractivity contribution in [3.63, 3.8) is 0 Å². The van der Waals surface area contributed by atoms with E-state index in [1.807, 2.05) is 30.0 Å². The maximum atomic E-state index is 11.5. The summed E-state index contributed by atoms with van der Waals surface area (Å²) in [4.78, 5) is 22.2. The zero-order chi connectivity index (χ0) is 13.4. The zero-order valence-electron chi connectivity index (χ0n) is 10.8. The van der Waals surface area contributed by atoms with E-state index in [9.17, 15) is 4.79 Å². The summed E-state index contributed by atoms with van der Waals surface area (Å²) in [6, 6.07) is 5.72. The molecule has 1 aromatic carbocycles. The van der Waals surface area contributed by atoms with E-state index < -0.39 is 0 Å². The Hall–Kier alpha value is -2.17. The Morgan fingerprint density at radius 2 is 2.26 bits per heavy atom. The summed E-state index contributed by atoms with van der Waals surface area (Å²) in [7, 11) is 0. The molecule has 5 heteroatoms. The highest BCUT2D eigenvalue weighted by Crippen LogP contribution is 2.31. The molecule has 1 aliphatic rings. The lowest BCUT2D eigenvalue weighted by Gasteiger charge is -2.24. The van der Waals surface area contributed by atoms with Crippen molar-refractivity contribution in [1.82, 2.24) is 9.97 Å². The maximum Gasteiger partial charge on any atom is 0.240 e. The first-order valence-electron chi connectivity index (χ1n) is 6.45. The van der Waals surface area contributed by atoms with Gasteiger partial charge in [0.15, 0.2) is 0 Å². The van der Waals surface area contributed by atoms with Gasteiger partial charge in [-0.2, -0.15) is 0 Å². The van der Waals surface area contributed by atoms with Gasteiger partial charge in [-0.05, 0) is 31.4 Å². The number of amides is 1. The second-order valence-electron chi connectivity index (χ2n) is 4.92. The van der Waals surface area contributed by atoms with Gasteiger partial charge >= 0.3 is 0 Å². The summed E-state index contributed by atoms with van der Waals surface area (Å²) in [5.41, 5.74) is 7.50. The minimum atomic E-state index is -0.280. The first kappa shape index (κ1) is 11.9. The van der Waals surface area contributed by atoms with Crippen molar-refractivity contribution in [1.29, 1.82) is 0 Å². The van der Waals surface area contributed by atoms with Crippen LogP contribution in [0.1, 0.15) is 18.4 Å². The van der Waals surface area contributed by atoms with Crippen molar-refractivity contribution in [3.05, 3.63) is 30.1 Å². The molecule has 0 spiro atoms. The number of rotatable bonds is 2. The van der Waals surface area contributed by atoms with Crippen LogP contribution in [-0.4, -0.2) is 28.5 Å². The van der Waals surface area contributed by atoms with Crippen molar-refractivity contribution >= 4 is 22.6 Å². The summed E-state index contributed by atoms with van der Waals surface area (Å²) >= 11 is 0. The number of carbonyl (C=O) groups excluding carboxylic acids is 1. The van der Waals surface area contributed by atoms with Gasteiger partial charge in [0.2, 0.25) is 5.91 Å². The first-order valence-corrected chi connectivity index (χ1v) is 6.45. The molecule has 1 fully saturated rings. The van der Waals surface area contributed by atoms with E-state index in [4.69, 9.17) is 5.73 Å². The van der Waals surface area contributed by atoms with Crippen LogP contribution in [0.4, 0.5) is 5.82 Å². The number of carbonyl (C=O) groups is 1. The monoisotopic (exact) mass is 256 g/mol. The van der Waals surface area contributed by atoms with Gasteiger partial charge in [0.1, 0.15) is 18.2 Å². The molecule has 0 radical (unpaired) electrons. The Balaban J connectivity index is 2.17. The van der Waals surface area contributed by atoms with Crippen molar-refractivity contribution < 1.29 is 4.79 Å². The third-order valence-electron chi connectivity index (χ3n) is 3.70. The molecule has 0 saturated carbocycles. The van der Waals surface area contributed by atoms with Crippen LogP contribution in [-0.2, 0) is 4.79 Å². The molecular weight excluding hydrogens is 240 g/mol. The quantitative estimate of drug-likeness (QED) is 0.881. The van der Waals surface area contributed by atoms with Gasteiger partial charge < -0.3 is 10.6 Å². The molecule has 2 heterocycles. The van der Waals surface area contributed by atoms with Crippen LogP contribution in [0, 0.1) is 6.92 Å². The fraction of sp³-hybridized carbons (Fsp3) is 0.357. The van der Waals surface area contributed by atoms with E-state index in [1.54, 1.807) is 6.33 Å². The van der Waals surface area contributed by atoms with Gasteiger partial charge in [0, 0.05) is 11.9 Å². The number of hydrogen-bond donors (Lipinski definition) is 1. The summed E-state index contributed by atoms with van der Waals surface area (Å²) in [6.45, 7) is 2.85. The summed E-state index contributed by atoms with van der Waals surface area (Å²) in [5.74, 6) is 0.544. The number of nitrogens with two attached hydrogens (primary N) is 1. The van der Waals surface area contributed by atoms with Crippen molar-refractivity contribution in [2.45, 2.75) is 25.8 Å². The van der Waals surface area contributed by atoms with E-state index in [2.05, 4.69) is 9.97 Å². The van der Waals surface area contributed by atoms with Crippen molar-refractivity contribution in [2.75, 3.05) is 11.4 Å². The summed E-state index contributed by atoms with van der Waals surface area (Å²) in [5, 5.41) is 1.01. The molecular formula is C14H16N4O. The van der Waals surface area contributed by atoms with E-state index in [1.165, 1.54) is 0 Å². The van der Waals surface area contributed by atoms with Gasteiger partial charge in [-0.25, -0.2) is 9.97 Å². The van der Waals surface area contributed by atoms with E-state index >= 15 is 0 Å². The molecule has 1 aliphatic heterocycles. The number of hydrogen-bond acceptors (Lipinski definition) is 4. The topological polar surface area (TPSA) is 72.1 Å². The SMILES string of the molecule is Cc1cccc2ncnc(N3CCCC3C(N)=O)c12. The third kappa shape index (κ3) is 1.91. The zero-order valence-corrected chi connectivity index (χ0v) is 10.8. The van der Waals surface area contributed by atoms with Crippen LogP contribution in [0.15, 0.2) is 24.5 Å². The molecule has 3 rings (SSSR count). The lowest BCUT2D eigenvalue weighted by molar-refractivity contribution is -0.119. The number of nitrogens with zero attached hydrogens (tertiary/aromatic N) is 3. The molecule has 0 aliphatic carbocycles. The van der Waals surface area contributed by atoms with Crippen molar-refractivity contribution in [3.8, 4) is 0 Å². The minimum absolute atomic E-state index is 0.252. The number of fused-ring (bicyclic) bond motifs is 1. The Bertz CT molecular complexity index is 635. The standard InChI is InChI=1S/C14H16N4O/c1-9-4-2-5-10-12(9)14(17-8-16-10)18-7-3-6-11(18)13(15)19/h2,4-5,8,11H,3,6-7H2,1H3,(H2,15,19). The third-order valence-corrected chi connectivity index (χ3v) is 3.70. The predicted octanol–water partition coefficient (Wildman–Crippen LogP) is 1.39. The van der Waals surface area contributed by atoms with Gasteiger partial charge in [0.25, 0.3) is 0 Å².